The quantitative estimate of drug-likeness (QED) is 0.609. The second-order valence-electron chi connectivity index (χ2n) is 3.87. The molecule has 1 heterocycles. The van der Waals surface area contributed by atoms with Crippen LogP contribution in [-0.2, 0) is 16.1 Å². The van der Waals surface area contributed by atoms with Gasteiger partial charge in [0.2, 0.25) is 12.1 Å². The summed E-state index contributed by atoms with van der Waals surface area (Å²) in [6.45, 7) is 2.42. The molecule has 0 amide bonds. The Labute approximate surface area is 106 Å². The summed E-state index contributed by atoms with van der Waals surface area (Å²) in [5.74, 6) is 0.571. The third-order valence-corrected chi connectivity index (χ3v) is 2.69. The molecule has 0 aliphatic carbocycles. The summed E-state index contributed by atoms with van der Waals surface area (Å²) in [6, 6.07) is 9.65. The molecule has 4 heteroatoms. The van der Waals surface area contributed by atoms with Crippen molar-refractivity contribution >= 4 is 16.9 Å². The summed E-state index contributed by atoms with van der Waals surface area (Å²) < 4.78 is 12.0. The van der Waals surface area contributed by atoms with Gasteiger partial charge in [-0.25, -0.2) is 4.79 Å². The molecule has 0 aliphatic rings. The molecule has 1 aromatic carbocycles. The van der Waals surface area contributed by atoms with Crippen LogP contribution in [0.2, 0.25) is 0 Å². The first-order valence-corrected chi connectivity index (χ1v) is 5.86. The average Bonchev–Trinajstić information content (AvgIpc) is 2.38. The van der Waals surface area contributed by atoms with Crippen molar-refractivity contribution in [1.82, 2.24) is 0 Å². The molecule has 0 N–H and O–H groups in total. The number of ether oxygens (including phenoxy) is 2. The molecule has 2 aromatic rings. The number of aromatic nitrogens is 1. The van der Waals surface area contributed by atoms with Crippen LogP contribution in [0.5, 0.6) is 5.75 Å². The lowest BCUT2D eigenvalue weighted by Crippen LogP contribution is -2.39. The summed E-state index contributed by atoms with van der Waals surface area (Å²) in [6.07, 6.45) is 1.87. The van der Waals surface area contributed by atoms with Gasteiger partial charge in [-0.15, -0.1) is 0 Å². The number of hydrogen-bond donors (Lipinski definition) is 0. The first-order chi connectivity index (χ1) is 8.74. The summed E-state index contributed by atoms with van der Waals surface area (Å²) in [5, 5.41) is 1.03. The van der Waals surface area contributed by atoms with Crippen LogP contribution in [0.15, 0.2) is 36.5 Å². The minimum absolute atomic E-state index is 0.220. The molecule has 0 saturated heterocycles. The Kier molecular flexibility index (Phi) is 3.77. The van der Waals surface area contributed by atoms with Crippen LogP contribution < -0.4 is 9.30 Å². The maximum atomic E-state index is 11.5. The second kappa shape index (κ2) is 5.49. The van der Waals surface area contributed by atoms with Gasteiger partial charge in [0.05, 0.1) is 19.1 Å². The highest BCUT2D eigenvalue weighted by atomic mass is 16.5. The molecule has 0 bridgehead atoms. The number of carbonyl (C=O) groups is 1. The smallest absolute Gasteiger partial charge is 0.372 e. The zero-order chi connectivity index (χ0) is 13.0. The molecule has 1 aromatic heterocycles. The number of benzene rings is 1. The molecule has 0 saturated carbocycles. The monoisotopic (exact) mass is 246 g/mol. The van der Waals surface area contributed by atoms with E-state index in [9.17, 15) is 4.79 Å². The zero-order valence-electron chi connectivity index (χ0n) is 10.6. The van der Waals surface area contributed by atoms with E-state index in [1.807, 2.05) is 41.1 Å². The van der Waals surface area contributed by atoms with Crippen LogP contribution in [0, 0.1) is 0 Å². The van der Waals surface area contributed by atoms with Crippen molar-refractivity contribution in [2.45, 2.75) is 13.5 Å². The highest BCUT2D eigenvalue weighted by Crippen LogP contribution is 2.17. The molecule has 0 aliphatic heterocycles. The number of rotatable bonds is 4. The lowest BCUT2D eigenvalue weighted by Gasteiger charge is -2.03. The summed E-state index contributed by atoms with van der Waals surface area (Å²) >= 11 is 0. The molecule has 0 unspecified atom stereocenters. The molecule has 0 fully saturated rings. The molecule has 4 nitrogen and oxygen atoms in total. The molecule has 0 radical (unpaired) electrons. The minimum Gasteiger partial charge on any atom is -0.497 e. The number of hydrogen-bond acceptors (Lipinski definition) is 3. The number of nitrogens with zero attached hydrogens (tertiary/aromatic N) is 1. The van der Waals surface area contributed by atoms with Crippen LogP contribution in [0.1, 0.15) is 6.92 Å². The van der Waals surface area contributed by atoms with E-state index in [1.54, 1.807) is 14.0 Å². The van der Waals surface area contributed by atoms with Crippen molar-refractivity contribution in [2.75, 3.05) is 13.7 Å². The Bertz CT molecular complexity index is 566. The highest BCUT2D eigenvalue weighted by Gasteiger charge is 2.14. The molecule has 0 atom stereocenters. The fourth-order valence-electron chi connectivity index (χ4n) is 1.87. The predicted octanol–water partition coefficient (Wildman–Crippen LogP) is 1.70. The highest BCUT2D eigenvalue weighted by molar-refractivity contribution is 5.77. The van der Waals surface area contributed by atoms with Gasteiger partial charge in [0, 0.05) is 12.1 Å². The molecular formula is C14H16NO3+. The van der Waals surface area contributed by atoms with Gasteiger partial charge in [0.1, 0.15) is 5.75 Å². The number of fused-ring (bicyclic) bond motifs is 1. The van der Waals surface area contributed by atoms with Gasteiger partial charge in [0.25, 0.3) is 0 Å². The minimum atomic E-state index is -0.231. The summed E-state index contributed by atoms with van der Waals surface area (Å²) in [5.41, 5.74) is 0.978. The van der Waals surface area contributed by atoms with E-state index in [2.05, 4.69) is 0 Å². The Morgan fingerprint density at radius 1 is 1.33 bits per heavy atom. The van der Waals surface area contributed by atoms with Gasteiger partial charge in [-0.05, 0) is 25.1 Å². The Morgan fingerprint density at radius 3 is 2.89 bits per heavy atom. The molecule has 2 rings (SSSR count). The van der Waals surface area contributed by atoms with Crippen LogP contribution in [0.25, 0.3) is 10.9 Å². The maximum Gasteiger partial charge on any atom is 0.372 e. The Hall–Kier alpha value is -2.10. The van der Waals surface area contributed by atoms with E-state index in [1.165, 1.54) is 0 Å². The van der Waals surface area contributed by atoms with E-state index < -0.39 is 0 Å². The fraction of sp³-hybridized carbons (Fsp3) is 0.286. The van der Waals surface area contributed by atoms with Gasteiger partial charge in [-0.3, -0.25) is 0 Å². The van der Waals surface area contributed by atoms with E-state index in [0.29, 0.717) is 6.61 Å². The Balaban J connectivity index is 2.36. The summed E-state index contributed by atoms with van der Waals surface area (Å²) in [4.78, 5) is 11.5. The van der Waals surface area contributed by atoms with Crippen LogP contribution in [-0.4, -0.2) is 19.7 Å². The molecule has 18 heavy (non-hydrogen) atoms. The number of methoxy groups -OCH3 is 1. The maximum absolute atomic E-state index is 11.5. The average molecular weight is 246 g/mol. The standard InChI is InChI=1S/C14H16NO3/c1-3-18-14(16)10-15-8-4-5-11-9-12(17-2)6-7-13(11)15/h4-9H,3,10H2,1-2H3/q+1. The van der Waals surface area contributed by atoms with Gasteiger partial charge in [-0.2, -0.15) is 4.57 Å². The van der Waals surface area contributed by atoms with E-state index in [0.717, 1.165) is 16.7 Å². The van der Waals surface area contributed by atoms with Crippen molar-refractivity contribution in [1.29, 1.82) is 0 Å². The SMILES string of the molecule is CCOC(=O)C[n+]1cccc2cc(OC)ccc21. The summed E-state index contributed by atoms with van der Waals surface area (Å²) in [7, 11) is 1.64. The van der Waals surface area contributed by atoms with Crippen LogP contribution in [0.3, 0.4) is 0 Å². The predicted molar refractivity (Wildman–Crippen MR) is 67.3 cm³/mol. The van der Waals surface area contributed by atoms with Crippen molar-refractivity contribution in [3.05, 3.63) is 36.5 Å². The largest absolute Gasteiger partial charge is 0.497 e. The number of esters is 1. The molecule has 0 spiro atoms. The molecule has 94 valence electrons. The van der Waals surface area contributed by atoms with Crippen molar-refractivity contribution < 1.29 is 18.8 Å². The topological polar surface area (TPSA) is 39.4 Å². The third-order valence-electron chi connectivity index (χ3n) is 2.69. The number of pyridine rings is 1. The van der Waals surface area contributed by atoms with Gasteiger partial charge in [0.15, 0.2) is 6.20 Å². The van der Waals surface area contributed by atoms with Gasteiger partial charge < -0.3 is 9.47 Å². The van der Waals surface area contributed by atoms with E-state index >= 15 is 0 Å². The van der Waals surface area contributed by atoms with Crippen LogP contribution in [0.4, 0.5) is 0 Å². The van der Waals surface area contributed by atoms with Gasteiger partial charge >= 0.3 is 5.97 Å². The van der Waals surface area contributed by atoms with E-state index in [4.69, 9.17) is 9.47 Å². The zero-order valence-corrected chi connectivity index (χ0v) is 10.6. The van der Waals surface area contributed by atoms with Gasteiger partial charge in [-0.1, -0.05) is 0 Å². The second-order valence-corrected chi connectivity index (χ2v) is 3.87. The Morgan fingerprint density at radius 2 is 2.17 bits per heavy atom. The van der Waals surface area contributed by atoms with Crippen molar-refractivity contribution in [2.24, 2.45) is 0 Å². The fourth-order valence-corrected chi connectivity index (χ4v) is 1.87. The lowest BCUT2D eigenvalue weighted by molar-refractivity contribution is -0.660. The van der Waals surface area contributed by atoms with Crippen molar-refractivity contribution in [3.63, 3.8) is 0 Å². The van der Waals surface area contributed by atoms with Crippen molar-refractivity contribution in [3.8, 4) is 5.75 Å². The normalized spacial score (nSPS) is 10.3. The van der Waals surface area contributed by atoms with E-state index in [-0.39, 0.29) is 12.5 Å². The molecular weight excluding hydrogens is 230 g/mol. The first-order valence-electron chi connectivity index (χ1n) is 5.86. The van der Waals surface area contributed by atoms with Crippen LogP contribution >= 0.6 is 0 Å². The number of carbonyl (C=O) groups excluding carboxylic acids is 1. The first kappa shape index (κ1) is 12.4. The third kappa shape index (κ3) is 2.59. The lowest BCUT2D eigenvalue weighted by atomic mass is 10.2.